The lowest BCUT2D eigenvalue weighted by atomic mass is 10.3. The van der Waals surface area contributed by atoms with Gasteiger partial charge in [0.15, 0.2) is 0 Å². The van der Waals surface area contributed by atoms with Crippen molar-refractivity contribution in [1.82, 2.24) is 10.1 Å². The molecular formula is C11H15N3OS2. The number of thiophene rings is 1. The highest BCUT2D eigenvalue weighted by molar-refractivity contribution is 7.98. The van der Waals surface area contributed by atoms with Crippen LogP contribution < -0.4 is 5.73 Å². The molecule has 1 atom stereocenters. The Bertz CT molecular complexity index is 441. The number of nitrogens with two attached hydrogens (primary N) is 1. The summed E-state index contributed by atoms with van der Waals surface area (Å²) in [5, 5.41) is 7.96. The molecule has 92 valence electrons. The van der Waals surface area contributed by atoms with Crippen LogP contribution in [0.2, 0.25) is 0 Å². The summed E-state index contributed by atoms with van der Waals surface area (Å²) in [6, 6.07) is 2.23. The van der Waals surface area contributed by atoms with Crippen molar-refractivity contribution in [3.05, 3.63) is 22.7 Å². The first-order chi connectivity index (χ1) is 8.29. The van der Waals surface area contributed by atoms with E-state index < -0.39 is 0 Å². The molecular weight excluding hydrogens is 254 g/mol. The molecule has 0 amide bonds. The second kappa shape index (κ2) is 6.18. The molecule has 4 nitrogen and oxygen atoms in total. The summed E-state index contributed by atoms with van der Waals surface area (Å²) in [6.07, 6.45) is 0.997. The topological polar surface area (TPSA) is 64.9 Å². The van der Waals surface area contributed by atoms with Crippen LogP contribution in [-0.4, -0.2) is 21.9 Å². The molecule has 0 saturated heterocycles. The first-order valence-corrected chi connectivity index (χ1v) is 7.57. The normalized spacial score (nSPS) is 12.8. The predicted molar refractivity (Wildman–Crippen MR) is 72.0 cm³/mol. The van der Waals surface area contributed by atoms with E-state index >= 15 is 0 Å². The highest BCUT2D eigenvalue weighted by Crippen LogP contribution is 2.20. The van der Waals surface area contributed by atoms with Crippen LogP contribution >= 0.6 is 23.1 Å². The van der Waals surface area contributed by atoms with E-state index in [9.17, 15) is 0 Å². The quantitative estimate of drug-likeness (QED) is 0.873. The third-order valence-electron chi connectivity index (χ3n) is 2.33. The summed E-state index contributed by atoms with van der Waals surface area (Å²) >= 11 is 3.36. The molecule has 0 aliphatic heterocycles. The summed E-state index contributed by atoms with van der Waals surface area (Å²) in [7, 11) is 0. The SMILES string of the molecule is CCC(N)CSCc1nc(-c2ccsc2)no1. The molecule has 0 aliphatic rings. The van der Waals surface area contributed by atoms with Crippen LogP contribution in [0.3, 0.4) is 0 Å². The van der Waals surface area contributed by atoms with E-state index in [-0.39, 0.29) is 6.04 Å². The third-order valence-corrected chi connectivity index (χ3v) is 4.13. The van der Waals surface area contributed by atoms with Gasteiger partial charge in [-0.25, -0.2) is 0 Å². The van der Waals surface area contributed by atoms with Gasteiger partial charge in [-0.3, -0.25) is 0 Å². The van der Waals surface area contributed by atoms with Crippen LogP contribution in [-0.2, 0) is 5.75 Å². The Morgan fingerprint density at radius 2 is 2.47 bits per heavy atom. The number of thioether (sulfide) groups is 1. The minimum absolute atomic E-state index is 0.249. The molecule has 0 fully saturated rings. The van der Waals surface area contributed by atoms with Gasteiger partial charge in [0.2, 0.25) is 11.7 Å². The Morgan fingerprint density at radius 1 is 1.59 bits per heavy atom. The summed E-state index contributed by atoms with van der Waals surface area (Å²) < 4.78 is 5.19. The molecule has 0 aliphatic carbocycles. The van der Waals surface area contributed by atoms with Crippen molar-refractivity contribution >= 4 is 23.1 Å². The van der Waals surface area contributed by atoms with Gasteiger partial charge in [0.05, 0.1) is 5.75 Å². The fourth-order valence-electron chi connectivity index (χ4n) is 1.24. The first-order valence-electron chi connectivity index (χ1n) is 5.48. The monoisotopic (exact) mass is 269 g/mol. The maximum atomic E-state index is 5.83. The second-order valence-corrected chi connectivity index (χ2v) is 5.52. The van der Waals surface area contributed by atoms with Gasteiger partial charge >= 0.3 is 0 Å². The Kier molecular flexibility index (Phi) is 4.58. The van der Waals surface area contributed by atoms with Gasteiger partial charge in [-0.1, -0.05) is 12.1 Å². The summed E-state index contributed by atoms with van der Waals surface area (Å²) in [4.78, 5) is 4.34. The lowest BCUT2D eigenvalue weighted by Crippen LogP contribution is -2.21. The zero-order valence-electron chi connectivity index (χ0n) is 9.63. The van der Waals surface area contributed by atoms with Gasteiger partial charge in [-0.05, 0) is 17.9 Å². The number of aromatic nitrogens is 2. The largest absolute Gasteiger partial charge is 0.338 e. The van der Waals surface area contributed by atoms with E-state index in [4.69, 9.17) is 10.3 Å². The van der Waals surface area contributed by atoms with E-state index in [0.29, 0.717) is 11.7 Å². The molecule has 0 aromatic carbocycles. The summed E-state index contributed by atoms with van der Waals surface area (Å²) in [5.74, 6) is 2.98. The zero-order valence-corrected chi connectivity index (χ0v) is 11.3. The van der Waals surface area contributed by atoms with Gasteiger partial charge in [0.25, 0.3) is 0 Å². The Hall–Kier alpha value is -0.850. The van der Waals surface area contributed by atoms with E-state index in [1.807, 2.05) is 16.8 Å². The summed E-state index contributed by atoms with van der Waals surface area (Å²) in [5.41, 5.74) is 6.85. The van der Waals surface area contributed by atoms with Crippen LogP contribution in [0, 0.1) is 0 Å². The summed E-state index contributed by atoms with van der Waals surface area (Å²) in [6.45, 7) is 2.09. The number of nitrogens with zero attached hydrogens (tertiary/aromatic N) is 2. The highest BCUT2D eigenvalue weighted by Gasteiger charge is 2.09. The maximum Gasteiger partial charge on any atom is 0.236 e. The second-order valence-electron chi connectivity index (χ2n) is 3.71. The molecule has 2 heterocycles. The lowest BCUT2D eigenvalue weighted by Gasteiger charge is -2.05. The average Bonchev–Trinajstić information content (AvgIpc) is 2.98. The molecule has 2 rings (SSSR count). The van der Waals surface area contributed by atoms with Crippen molar-refractivity contribution in [3.63, 3.8) is 0 Å². The van der Waals surface area contributed by atoms with Crippen molar-refractivity contribution in [2.24, 2.45) is 5.73 Å². The van der Waals surface area contributed by atoms with E-state index in [2.05, 4.69) is 17.1 Å². The van der Waals surface area contributed by atoms with Crippen molar-refractivity contribution < 1.29 is 4.52 Å². The van der Waals surface area contributed by atoms with Gasteiger partial charge < -0.3 is 10.3 Å². The minimum Gasteiger partial charge on any atom is -0.338 e. The Morgan fingerprint density at radius 3 is 3.18 bits per heavy atom. The number of hydrogen-bond donors (Lipinski definition) is 1. The number of rotatable bonds is 6. The van der Waals surface area contributed by atoms with Crippen molar-refractivity contribution in [2.75, 3.05) is 5.75 Å². The van der Waals surface area contributed by atoms with Gasteiger partial charge in [0.1, 0.15) is 0 Å². The fraction of sp³-hybridized carbons (Fsp3) is 0.455. The third kappa shape index (κ3) is 3.55. The molecule has 0 saturated carbocycles. The average molecular weight is 269 g/mol. The zero-order chi connectivity index (χ0) is 12.1. The molecule has 6 heteroatoms. The minimum atomic E-state index is 0.249. The van der Waals surface area contributed by atoms with Crippen molar-refractivity contribution in [1.29, 1.82) is 0 Å². The molecule has 0 spiro atoms. The molecule has 1 unspecified atom stereocenters. The lowest BCUT2D eigenvalue weighted by molar-refractivity contribution is 0.391. The van der Waals surface area contributed by atoms with Gasteiger partial charge in [-0.2, -0.15) is 28.1 Å². The molecule has 17 heavy (non-hydrogen) atoms. The van der Waals surface area contributed by atoms with Crippen LogP contribution in [0.25, 0.3) is 11.4 Å². The van der Waals surface area contributed by atoms with Crippen LogP contribution in [0.1, 0.15) is 19.2 Å². The first kappa shape index (κ1) is 12.6. The Labute approximate surface area is 109 Å². The highest BCUT2D eigenvalue weighted by atomic mass is 32.2. The van der Waals surface area contributed by atoms with Gasteiger partial charge in [-0.15, -0.1) is 0 Å². The van der Waals surface area contributed by atoms with E-state index in [1.54, 1.807) is 23.1 Å². The molecule has 0 radical (unpaired) electrons. The maximum absolute atomic E-state index is 5.83. The van der Waals surface area contributed by atoms with E-state index in [0.717, 1.165) is 23.5 Å². The van der Waals surface area contributed by atoms with Crippen molar-refractivity contribution in [3.8, 4) is 11.4 Å². The molecule has 2 N–H and O–H groups in total. The molecule has 2 aromatic heterocycles. The van der Waals surface area contributed by atoms with Crippen LogP contribution in [0.5, 0.6) is 0 Å². The number of hydrogen-bond acceptors (Lipinski definition) is 6. The van der Waals surface area contributed by atoms with Crippen molar-refractivity contribution in [2.45, 2.75) is 25.1 Å². The van der Waals surface area contributed by atoms with Gasteiger partial charge in [0, 0.05) is 22.7 Å². The molecule has 2 aromatic rings. The van der Waals surface area contributed by atoms with E-state index in [1.165, 1.54) is 0 Å². The predicted octanol–water partition coefficient (Wildman–Crippen LogP) is 2.77. The smallest absolute Gasteiger partial charge is 0.236 e. The fourth-order valence-corrected chi connectivity index (χ4v) is 2.82. The van der Waals surface area contributed by atoms with Crippen LogP contribution in [0.4, 0.5) is 0 Å². The van der Waals surface area contributed by atoms with Crippen LogP contribution in [0.15, 0.2) is 21.3 Å². The molecule has 0 bridgehead atoms. The standard InChI is InChI=1S/C11H15N3OS2/c1-2-9(12)6-17-7-10-13-11(14-15-10)8-3-4-16-5-8/h3-5,9H,2,6-7,12H2,1H3. The Balaban J connectivity index is 1.87.